The second-order valence-electron chi connectivity index (χ2n) is 7.59. The van der Waals surface area contributed by atoms with Gasteiger partial charge in [-0.2, -0.15) is 5.10 Å². The normalized spacial score (nSPS) is 16.6. The van der Waals surface area contributed by atoms with E-state index < -0.39 is 0 Å². The summed E-state index contributed by atoms with van der Waals surface area (Å²) in [7, 11) is 2.21. The van der Waals surface area contributed by atoms with Gasteiger partial charge in [-0.15, -0.1) is 0 Å². The third-order valence-electron chi connectivity index (χ3n) is 5.29. The highest BCUT2D eigenvalue weighted by Crippen LogP contribution is 2.11. The van der Waals surface area contributed by atoms with Crippen molar-refractivity contribution in [2.75, 3.05) is 52.9 Å². The highest BCUT2D eigenvalue weighted by Gasteiger charge is 2.11. The molecule has 0 radical (unpaired) electrons. The maximum absolute atomic E-state index is 4.82. The number of hydrogen-bond donors (Lipinski definition) is 2. The van der Waals surface area contributed by atoms with Crippen molar-refractivity contribution in [3.63, 3.8) is 0 Å². The van der Waals surface area contributed by atoms with E-state index >= 15 is 0 Å². The third kappa shape index (κ3) is 7.18. The SMILES string of the molecule is CCNC(=NCc1ccccc1Cn1cccn1)NCCN1CCCN(C)CC1. The molecule has 0 unspecified atom stereocenters. The van der Waals surface area contributed by atoms with E-state index in [1.165, 1.54) is 30.6 Å². The molecule has 29 heavy (non-hydrogen) atoms. The average Bonchev–Trinajstić information content (AvgIpc) is 3.15. The number of guanidine groups is 1. The van der Waals surface area contributed by atoms with Crippen molar-refractivity contribution in [1.82, 2.24) is 30.2 Å². The molecule has 0 saturated carbocycles. The Morgan fingerprint density at radius 2 is 1.93 bits per heavy atom. The van der Waals surface area contributed by atoms with E-state index in [0.717, 1.165) is 45.2 Å². The molecule has 0 atom stereocenters. The number of nitrogens with zero attached hydrogens (tertiary/aromatic N) is 5. The Labute approximate surface area is 174 Å². The van der Waals surface area contributed by atoms with Crippen LogP contribution in [0.25, 0.3) is 0 Å². The molecule has 2 heterocycles. The minimum Gasteiger partial charge on any atom is -0.357 e. The lowest BCUT2D eigenvalue weighted by molar-refractivity contribution is 0.280. The Morgan fingerprint density at radius 1 is 1.07 bits per heavy atom. The van der Waals surface area contributed by atoms with Gasteiger partial charge in [0.05, 0.1) is 13.1 Å². The summed E-state index contributed by atoms with van der Waals surface area (Å²) in [6.07, 6.45) is 5.06. The maximum Gasteiger partial charge on any atom is 0.191 e. The molecule has 2 N–H and O–H groups in total. The molecule has 0 aliphatic carbocycles. The molecule has 0 bridgehead atoms. The molecule has 158 valence electrons. The van der Waals surface area contributed by atoms with Crippen molar-refractivity contribution in [2.45, 2.75) is 26.4 Å². The predicted octanol–water partition coefficient (Wildman–Crippen LogP) is 1.62. The topological polar surface area (TPSA) is 60.7 Å². The monoisotopic (exact) mass is 397 g/mol. The molecule has 7 nitrogen and oxygen atoms in total. The van der Waals surface area contributed by atoms with Crippen LogP contribution in [0.5, 0.6) is 0 Å². The Hall–Kier alpha value is -2.38. The summed E-state index contributed by atoms with van der Waals surface area (Å²) < 4.78 is 1.95. The smallest absolute Gasteiger partial charge is 0.191 e. The van der Waals surface area contributed by atoms with Crippen LogP contribution in [0.1, 0.15) is 24.5 Å². The first-order valence-corrected chi connectivity index (χ1v) is 10.7. The fourth-order valence-corrected chi connectivity index (χ4v) is 3.60. The number of aliphatic imine (C=N–C) groups is 1. The van der Waals surface area contributed by atoms with Gasteiger partial charge in [-0.05, 0) is 50.7 Å². The van der Waals surface area contributed by atoms with Crippen LogP contribution < -0.4 is 10.6 Å². The summed E-state index contributed by atoms with van der Waals surface area (Å²) in [5.41, 5.74) is 2.49. The van der Waals surface area contributed by atoms with E-state index in [4.69, 9.17) is 4.99 Å². The zero-order chi connectivity index (χ0) is 20.3. The first-order valence-electron chi connectivity index (χ1n) is 10.7. The number of likely N-dealkylation sites (N-methyl/N-ethyl adjacent to an activating group) is 1. The molecule has 1 aromatic carbocycles. The molecule has 1 saturated heterocycles. The highest BCUT2D eigenvalue weighted by atomic mass is 15.3. The average molecular weight is 398 g/mol. The van der Waals surface area contributed by atoms with Crippen LogP contribution in [0.2, 0.25) is 0 Å². The minimum absolute atomic E-state index is 0.654. The maximum atomic E-state index is 4.82. The van der Waals surface area contributed by atoms with Gasteiger partial charge in [0, 0.05) is 45.1 Å². The molecular weight excluding hydrogens is 362 g/mol. The van der Waals surface area contributed by atoms with Crippen molar-refractivity contribution in [2.24, 2.45) is 4.99 Å². The lowest BCUT2D eigenvalue weighted by Crippen LogP contribution is -2.42. The molecule has 3 rings (SSSR count). The Bertz CT molecular complexity index is 741. The molecule has 1 aliphatic rings. The summed E-state index contributed by atoms with van der Waals surface area (Å²) in [5.74, 6) is 0.883. The predicted molar refractivity (Wildman–Crippen MR) is 119 cm³/mol. The molecule has 0 amide bonds. The van der Waals surface area contributed by atoms with Crippen molar-refractivity contribution in [3.8, 4) is 0 Å². The van der Waals surface area contributed by atoms with Crippen molar-refractivity contribution < 1.29 is 0 Å². The molecule has 7 heteroatoms. The van der Waals surface area contributed by atoms with Crippen LogP contribution >= 0.6 is 0 Å². The highest BCUT2D eigenvalue weighted by molar-refractivity contribution is 5.79. The zero-order valence-corrected chi connectivity index (χ0v) is 17.8. The molecular formula is C22H35N7. The van der Waals surface area contributed by atoms with Gasteiger partial charge in [0.25, 0.3) is 0 Å². The van der Waals surface area contributed by atoms with Gasteiger partial charge < -0.3 is 20.4 Å². The fraction of sp³-hybridized carbons (Fsp3) is 0.545. The zero-order valence-electron chi connectivity index (χ0n) is 17.8. The second-order valence-corrected chi connectivity index (χ2v) is 7.59. The molecule has 0 spiro atoms. The van der Waals surface area contributed by atoms with Gasteiger partial charge in [0.1, 0.15) is 0 Å². The minimum atomic E-state index is 0.654. The number of benzene rings is 1. The quantitative estimate of drug-likeness (QED) is 0.524. The summed E-state index contributed by atoms with van der Waals surface area (Å²) in [4.78, 5) is 9.78. The van der Waals surface area contributed by atoms with Crippen LogP contribution in [-0.2, 0) is 13.1 Å². The lowest BCUT2D eigenvalue weighted by Gasteiger charge is -2.21. The number of nitrogens with one attached hydrogen (secondary N) is 2. The second kappa shape index (κ2) is 11.6. The van der Waals surface area contributed by atoms with Crippen molar-refractivity contribution >= 4 is 5.96 Å². The standard InChI is InChI=1S/C22H35N7/c1-3-23-22(24-11-15-28-13-7-12-27(2)16-17-28)25-18-20-8-4-5-9-21(20)19-29-14-6-10-26-29/h4-6,8-10,14H,3,7,11-13,15-19H2,1-2H3,(H2,23,24,25). The van der Waals surface area contributed by atoms with E-state index in [1.54, 1.807) is 0 Å². The van der Waals surface area contributed by atoms with Crippen LogP contribution in [0, 0.1) is 0 Å². The fourth-order valence-electron chi connectivity index (χ4n) is 3.60. The third-order valence-corrected chi connectivity index (χ3v) is 5.29. The van der Waals surface area contributed by atoms with Crippen LogP contribution in [-0.4, -0.2) is 78.4 Å². The van der Waals surface area contributed by atoms with Gasteiger partial charge in [-0.3, -0.25) is 4.68 Å². The number of hydrogen-bond acceptors (Lipinski definition) is 4. The van der Waals surface area contributed by atoms with E-state index in [9.17, 15) is 0 Å². The summed E-state index contributed by atoms with van der Waals surface area (Å²) >= 11 is 0. The largest absolute Gasteiger partial charge is 0.357 e. The van der Waals surface area contributed by atoms with Gasteiger partial charge >= 0.3 is 0 Å². The van der Waals surface area contributed by atoms with Gasteiger partial charge in [0.2, 0.25) is 0 Å². The number of aromatic nitrogens is 2. The van der Waals surface area contributed by atoms with Crippen molar-refractivity contribution in [3.05, 3.63) is 53.9 Å². The Morgan fingerprint density at radius 3 is 2.72 bits per heavy atom. The van der Waals surface area contributed by atoms with E-state index in [2.05, 4.69) is 63.8 Å². The first kappa shape index (κ1) is 21.3. The van der Waals surface area contributed by atoms with Crippen molar-refractivity contribution in [1.29, 1.82) is 0 Å². The Kier molecular flexibility index (Phi) is 8.52. The lowest BCUT2D eigenvalue weighted by atomic mass is 10.1. The van der Waals surface area contributed by atoms with Gasteiger partial charge in [0.15, 0.2) is 5.96 Å². The van der Waals surface area contributed by atoms with Crippen LogP contribution in [0.3, 0.4) is 0 Å². The van der Waals surface area contributed by atoms with Gasteiger partial charge in [-0.1, -0.05) is 24.3 Å². The number of rotatable bonds is 8. The van der Waals surface area contributed by atoms with Crippen LogP contribution in [0.15, 0.2) is 47.7 Å². The van der Waals surface area contributed by atoms with Gasteiger partial charge in [-0.25, -0.2) is 4.99 Å². The Balaban J connectivity index is 1.54. The summed E-state index contributed by atoms with van der Waals surface area (Å²) in [6, 6.07) is 10.4. The molecule has 1 aromatic heterocycles. The summed E-state index contributed by atoms with van der Waals surface area (Å²) in [6.45, 7) is 11.0. The molecule has 2 aromatic rings. The molecule has 1 fully saturated rings. The molecule has 1 aliphatic heterocycles. The van der Waals surface area contributed by atoms with Crippen LogP contribution in [0.4, 0.5) is 0 Å². The van der Waals surface area contributed by atoms with E-state index in [1.807, 2.05) is 23.1 Å². The van der Waals surface area contributed by atoms with E-state index in [0.29, 0.717) is 6.54 Å². The first-order chi connectivity index (χ1) is 14.2. The van der Waals surface area contributed by atoms with E-state index in [-0.39, 0.29) is 0 Å². The summed E-state index contributed by atoms with van der Waals surface area (Å²) in [5, 5.41) is 11.2.